The highest BCUT2D eigenvalue weighted by Crippen LogP contribution is 2.63. The summed E-state index contributed by atoms with van der Waals surface area (Å²) >= 11 is 0. The van der Waals surface area contributed by atoms with Crippen LogP contribution in [0.3, 0.4) is 0 Å². The van der Waals surface area contributed by atoms with Gasteiger partial charge in [0.25, 0.3) is 0 Å². The summed E-state index contributed by atoms with van der Waals surface area (Å²) in [5, 5.41) is -0.816. The van der Waals surface area contributed by atoms with Gasteiger partial charge in [-0.05, 0) is 6.42 Å². The standard InChI is InChI=1S/C18H34O7Si/c1-6-7-8-9-16(10-12-23-16)17(11-13-24-17)18(14-15(19-2)25-18)26(20-3,21-4)22-5/h15H,6-14H2,1-5H3. The average Bonchev–Trinajstić information content (AvgIpc) is 2.55. The highest BCUT2D eigenvalue weighted by Gasteiger charge is 2.84. The van der Waals surface area contributed by atoms with Crippen molar-refractivity contribution >= 4 is 8.80 Å². The maximum Gasteiger partial charge on any atom is 0.537 e. The van der Waals surface area contributed by atoms with Crippen LogP contribution in [0.5, 0.6) is 0 Å². The summed E-state index contributed by atoms with van der Waals surface area (Å²) in [4.78, 5) is 0. The number of ether oxygens (including phenoxy) is 4. The topological polar surface area (TPSA) is 64.6 Å². The van der Waals surface area contributed by atoms with Crippen molar-refractivity contribution < 1.29 is 32.2 Å². The summed E-state index contributed by atoms with van der Waals surface area (Å²) in [5.74, 6) is 0. The van der Waals surface area contributed by atoms with E-state index in [9.17, 15) is 0 Å². The first-order chi connectivity index (χ1) is 12.5. The summed E-state index contributed by atoms with van der Waals surface area (Å²) in [6.45, 7) is 3.65. The lowest BCUT2D eigenvalue weighted by atomic mass is 9.64. The number of hydrogen-bond donors (Lipinski definition) is 0. The molecule has 4 atom stereocenters. The monoisotopic (exact) mass is 390 g/mol. The van der Waals surface area contributed by atoms with Gasteiger partial charge in [0.15, 0.2) is 11.5 Å². The Labute approximate surface area is 157 Å². The first-order valence-corrected chi connectivity index (χ1v) is 11.4. The fourth-order valence-electron chi connectivity index (χ4n) is 5.11. The van der Waals surface area contributed by atoms with Gasteiger partial charge in [-0.1, -0.05) is 26.2 Å². The molecule has 3 heterocycles. The third-order valence-corrected chi connectivity index (χ3v) is 9.94. The van der Waals surface area contributed by atoms with E-state index in [0.29, 0.717) is 13.0 Å². The molecule has 8 heteroatoms. The largest absolute Gasteiger partial charge is 0.537 e. The Morgan fingerprint density at radius 3 is 1.88 bits per heavy atom. The molecular formula is C18H34O7Si. The highest BCUT2D eigenvalue weighted by atomic mass is 28.4. The van der Waals surface area contributed by atoms with E-state index in [1.807, 2.05) is 0 Å². The van der Waals surface area contributed by atoms with E-state index < -0.39 is 19.6 Å². The Morgan fingerprint density at radius 2 is 1.54 bits per heavy atom. The van der Waals surface area contributed by atoms with E-state index in [0.717, 1.165) is 32.3 Å². The van der Waals surface area contributed by atoms with Crippen LogP contribution in [-0.2, 0) is 32.2 Å². The molecule has 0 saturated carbocycles. The van der Waals surface area contributed by atoms with Gasteiger partial charge in [0.1, 0.15) is 11.2 Å². The van der Waals surface area contributed by atoms with Crippen LogP contribution in [0, 0.1) is 0 Å². The minimum Gasteiger partial charge on any atom is -0.375 e. The number of unbranched alkanes of at least 4 members (excludes halogenated alkanes) is 2. The zero-order valence-electron chi connectivity index (χ0n) is 16.8. The fourth-order valence-corrected chi connectivity index (χ4v) is 8.21. The first kappa shape index (κ1) is 20.7. The van der Waals surface area contributed by atoms with Crippen LogP contribution >= 0.6 is 0 Å². The predicted molar refractivity (Wildman–Crippen MR) is 96.8 cm³/mol. The van der Waals surface area contributed by atoms with E-state index in [-0.39, 0.29) is 11.9 Å². The minimum atomic E-state index is -3.19. The second-order valence-corrected chi connectivity index (χ2v) is 10.6. The van der Waals surface area contributed by atoms with Crippen molar-refractivity contribution in [2.75, 3.05) is 41.7 Å². The Kier molecular flexibility index (Phi) is 6.16. The molecule has 26 heavy (non-hydrogen) atoms. The molecule has 0 radical (unpaired) electrons. The molecule has 3 fully saturated rings. The molecule has 0 aliphatic carbocycles. The second kappa shape index (κ2) is 7.75. The minimum absolute atomic E-state index is 0.309. The first-order valence-electron chi connectivity index (χ1n) is 9.69. The van der Waals surface area contributed by atoms with Gasteiger partial charge >= 0.3 is 8.80 Å². The van der Waals surface area contributed by atoms with Crippen molar-refractivity contribution in [2.45, 2.75) is 74.6 Å². The molecule has 4 unspecified atom stereocenters. The van der Waals surface area contributed by atoms with Crippen LogP contribution in [0.15, 0.2) is 0 Å². The van der Waals surface area contributed by atoms with E-state index in [2.05, 4.69) is 6.92 Å². The van der Waals surface area contributed by atoms with Crippen molar-refractivity contribution in [3.8, 4) is 0 Å². The zero-order valence-corrected chi connectivity index (χ0v) is 17.8. The molecule has 0 amide bonds. The van der Waals surface area contributed by atoms with Crippen LogP contribution < -0.4 is 0 Å². The van der Waals surface area contributed by atoms with Gasteiger partial charge in [-0.25, -0.2) is 0 Å². The summed E-state index contributed by atoms with van der Waals surface area (Å²) < 4.78 is 42.1. The molecule has 3 saturated heterocycles. The summed E-state index contributed by atoms with van der Waals surface area (Å²) in [6.07, 6.45) is 6.52. The molecular weight excluding hydrogens is 356 g/mol. The van der Waals surface area contributed by atoms with Crippen LogP contribution in [0.4, 0.5) is 0 Å². The Morgan fingerprint density at radius 1 is 0.962 bits per heavy atom. The van der Waals surface area contributed by atoms with E-state index in [4.69, 9.17) is 32.2 Å². The molecule has 152 valence electrons. The quantitative estimate of drug-likeness (QED) is 0.396. The number of rotatable bonds is 11. The van der Waals surface area contributed by atoms with Crippen LogP contribution in [0.1, 0.15) is 51.9 Å². The van der Waals surface area contributed by atoms with Gasteiger partial charge in [0.2, 0.25) is 0 Å². The Balaban J connectivity index is 1.98. The van der Waals surface area contributed by atoms with Gasteiger partial charge in [-0.3, -0.25) is 0 Å². The molecule has 0 spiro atoms. The average molecular weight is 391 g/mol. The summed E-state index contributed by atoms with van der Waals surface area (Å²) in [6, 6.07) is 0. The number of hydrogen-bond acceptors (Lipinski definition) is 7. The van der Waals surface area contributed by atoms with Crippen molar-refractivity contribution in [3.05, 3.63) is 0 Å². The van der Waals surface area contributed by atoms with Crippen LogP contribution in [-0.4, -0.2) is 73.2 Å². The SMILES string of the molecule is CCCCCC1(C2(C3([Si](OC)(OC)OC)CC(OC)O3)CCO2)CCO1. The predicted octanol–water partition coefficient (Wildman–Crippen LogP) is 2.43. The van der Waals surface area contributed by atoms with E-state index >= 15 is 0 Å². The maximum absolute atomic E-state index is 6.37. The van der Waals surface area contributed by atoms with Crippen LogP contribution in [0.25, 0.3) is 0 Å². The van der Waals surface area contributed by atoms with Gasteiger partial charge < -0.3 is 32.2 Å². The smallest absolute Gasteiger partial charge is 0.375 e. The molecule has 7 nitrogen and oxygen atoms in total. The summed E-state index contributed by atoms with van der Waals surface area (Å²) in [5.41, 5.74) is -0.984. The van der Waals surface area contributed by atoms with Gasteiger partial charge in [-0.2, -0.15) is 0 Å². The lowest BCUT2D eigenvalue weighted by Crippen LogP contribution is -2.89. The third kappa shape index (κ3) is 2.57. The fraction of sp³-hybridized carbons (Fsp3) is 1.00. The van der Waals surface area contributed by atoms with Gasteiger partial charge in [-0.15, -0.1) is 0 Å². The second-order valence-electron chi connectivity index (χ2n) is 7.46. The normalized spacial score (nSPS) is 39.8. The van der Waals surface area contributed by atoms with Gasteiger partial charge in [0, 0.05) is 47.7 Å². The Bertz CT molecular complexity index is 460. The number of methoxy groups -OCH3 is 1. The molecule has 0 aromatic rings. The van der Waals surface area contributed by atoms with Crippen molar-refractivity contribution in [2.24, 2.45) is 0 Å². The maximum atomic E-state index is 6.37. The summed E-state index contributed by atoms with van der Waals surface area (Å²) in [7, 11) is 3.34. The zero-order chi connectivity index (χ0) is 18.9. The van der Waals surface area contributed by atoms with Crippen molar-refractivity contribution in [1.82, 2.24) is 0 Å². The lowest BCUT2D eigenvalue weighted by Gasteiger charge is -2.70. The molecule has 0 bridgehead atoms. The molecule has 3 aliphatic rings. The molecule has 3 rings (SSSR count). The van der Waals surface area contributed by atoms with E-state index in [1.165, 1.54) is 12.8 Å². The molecule has 0 N–H and O–H groups in total. The van der Waals surface area contributed by atoms with Crippen molar-refractivity contribution in [1.29, 1.82) is 0 Å². The molecule has 0 aromatic heterocycles. The van der Waals surface area contributed by atoms with Crippen molar-refractivity contribution in [3.63, 3.8) is 0 Å². The van der Waals surface area contributed by atoms with Crippen LogP contribution in [0.2, 0.25) is 0 Å². The molecule has 0 aromatic carbocycles. The lowest BCUT2D eigenvalue weighted by molar-refractivity contribution is -0.421. The van der Waals surface area contributed by atoms with Gasteiger partial charge in [0.05, 0.1) is 13.2 Å². The van der Waals surface area contributed by atoms with E-state index in [1.54, 1.807) is 28.4 Å². The third-order valence-electron chi connectivity index (χ3n) is 6.61. The highest BCUT2D eigenvalue weighted by molar-refractivity contribution is 6.64. The Hall–Kier alpha value is -0.0631. The molecule has 3 aliphatic heterocycles.